The minimum Gasteiger partial charge on any atom is -0.207 e. The van der Waals surface area contributed by atoms with Crippen LogP contribution >= 0.6 is 0 Å². The molecule has 3 aromatic rings. The average molecular weight is 403 g/mol. The van der Waals surface area contributed by atoms with Crippen LogP contribution < -0.4 is 4.57 Å². The molecule has 2 heterocycles. The summed E-state index contributed by atoms with van der Waals surface area (Å²) in [5.41, 5.74) is 6.08. The first-order valence-corrected chi connectivity index (χ1v) is 11.8. The van der Waals surface area contributed by atoms with Crippen LogP contribution in [0.4, 0.5) is 4.39 Å². The minimum atomic E-state index is -0.0626. The highest BCUT2D eigenvalue weighted by molar-refractivity contribution is 5.95. The number of rotatable bonds is 6. The Bertz CT molecular complexity index is 1150. The van der Waals surface area contributed by atoms with Crippen LogP contribution in [-0.2, 0) is 17.4 Å². The fourth-order valence-electron chi connectivity index (χ4n) is 6.35. The van der Waals surface area contributed by atoms with Crippen LogP contribution in [0.25, 0.3) is 22.0 Å². The fraction of sp³-hybridized carbons (Fsp3) is 0.464. The van der Waals surface area contributed by atoms with Gasteiger partial charge in [-0.1, -0.05) is 45.7 Å². The second-order valence-corrected chi connectivity index (χ2v) is 9.56. The van der Waals surface area contributed by atoms with E-state index in [4.69, 9.17) is 0 Å². The van der Waals surface area contributed by atoms with E-state index in [-0.39, 0.29) is 16.8 Å². The predicted octanol–water partition coefficient (Wildman–Crippen LogP) is 7.14. The number of nitrogens with zero attached hydrogens (tertiary/aromatic N) is 1. The van der Waals surface area contributed by atoms with Gasteiger partial charge in [0, 0.05) is 18.9 Å². The molecule has 5 rings (SSSR count). The van der Waals surface area contributed by atoms with Gasteiger partial charge in [-0.05, 0) is 66.5 Å². The molecular formula is C28H33FN+. The fourth-order valence-corrected chi connectivity index (χ4v) is 6.35. The van der Waals surface area contributed by atoms with E-state index in [0.29, 0.717) is 0 Å². The summed E-state index contributed by atoms with van der Waals surface area (Å²) in [5.74, 6) is -0.0626. The molecule has 30 heavy (non-hydrogen) atoms. The third kappa shape index (κ3) is 2.49. The SMILES string of the molecule is CCCCCc1ccc2cc[n+]3c(c2c1)-c1cc(C)c(F)cc1C1(CC)CC31CC. The van der Waals surface area contributed by atoms with Crippen molar-refractivity contribution in [3.63, 3.8) is 0 Å². The summed E-state index contributed by atoms with van der Waals surface area (Å²) >= 11 is 0. The summed E-state index contributed by atoms with van der Waals surface area (Å²) in [6, 6.07) is 13.2. The molecule has 1 aliphatic heterocycles. The first-order valence-electron chi connectivity index (χ1n) is 11.8. The molecule has 0 spiro atoms. The number of aromatic nitrogens is 1. The van der Waals surface area contributed by atoms with Crippen molar-refractivity contribution < 1.29 is 8.96 Å². The Morgan fingerprint density at radius 1 is 1.00 bits per heavy atom. The highest BCUT2D eigenvalue weighted by Crippen LogP contribution is 2.68. The smallest absolute Gasteiger partial charge is 0.207 e. The molecule has 1 nitrogen and oxygen atoms in total. The molecule has 1 saturated carbocycles. The zero-order valence-corrected chi connectivity index (χ0v) is 18.8. The quantitative estimate of drug-likeness (QED) is 0.305. The molecule has 2 heteroatoms. The third-order valence-corrected chi connectivity index (χ3v) is 8.16. The predicted molar refractivity (Wildman–Crippen MR) is 122 cm³/mol. The van der Waals surface area contributed by atoms with Gasteiger partial charge in [0.05, 0.1) is 16.4 Å². The van der Waals surface area contributed by atoms with Crippen LogP contribution in [0.2, 0.25) is 0 Å². The van der Waals surface area contributed by atoms with E-state index in [1.165, 1.54) is 52.4 Å². The third-order valence-electron chi connectivity index (χ3n) is 8.16. The molecule has 156 valence electrons. The molecule has 2 atom stereocenters. The number of hydrogen-bond donors (Lipinski definition) is 0. The van der Waals surface area contributed by atoms with E-state index in [9.17, 15) is 4.39 Å². The van der Waals surface area contributed by atoms with E-state index in [0.717, 1.165) is 31.2 Å². The molecule has 0 radical (unpaired) electrons. The summed E-state index contributed by atoms with van der Waals surface area (Å²) in [5, 5.41) is 2.60. The number of unbranched alkanes of at least 4 members (excludes halogenated alkanes) is 2. The van der Waals surface area contributed by atoms with E-state index < -0.39 is 0 Å². The van der Waals surface area contributed by atoms with Crippen LogP contribution in [0.15, 0.2) is 42.6 Å². The lowest BCUT2D eigenvalue weighted by Gasteiger charge is -2.29. The molecule has 0 N–H and O–H groups in total. The first kappa shape index (κ1) is 19.7. The molecule has 0 bridgehead atoms. The van der Waals surface area contributed by atoms with Crippen molar-refractivity contribution in [1.29, 1.82) is 0 Å². The topological polar surface area (TPSA) is 3.88 Å². The number of halogens is 1. The van der Waals surface area contributed by atoms with Gasteiger partial charge in [0.1, 0.15) is 5.82 Å². The first-order chi connectivity index (χ1) is 14.5. The summed E-state index contributed by atoms with van der Waals surface area (Å²) in [6.07, 6.45) is 10.4. The average Bonchev–Trinajstić information content (AvgIpc) is 3.46. The van der Waals surface area contributed by atoms with Crippen molar-refractivity contribution in [1.82, 2.24) is 0 Å². The van der Waals surface area contributed by atoms with Gasteiger partial charge in [-0.15, -0.1) is 0 Å². The maximum atomic E-state index is 14.8. The molecule has 0 saturated heterocycles. The van der Waals surface area contributed by atoms with Crippen LogP contribution in [-0.4, -0.2) is 0 Å². The zero-order chi connectivity index (χ0) is 21.1. The maximum absolute atomic E-state index is 14.8. The summed E-state index contributed by atoms with van der Waals surface area (Å²) in [4.78, 5) is 0. The van der Waals surface area contributed by atoms with E-state index >= 15 is 0 Å². The van der Waals surface area contributed by atoms with Crippen LogP contribution in [0.3, 0.4) is 0 Å². The number of pyridine rings is 1. The van der Waals surface area contributed by atoms with Gasteiger partial charge in [0.15, 0.2) is 11.7 Å². The zero-order valence-electron chi connectivity index (χ0n) is 18.8. The van der Waals surface area contributed by atoms with Gasteiger partial charge in [-0.25, -0.2) is 4.39 Å². The normalized spacial score (nSPS) is 23.8. The van der Waals surface area contributed by atoms with E-state index in [2.05, 4.69) is 61.9 Å². The molecule has 1 aliphatic carbocycles. The van der Waals surface area contributed by atoms with Crippen LogP contribution in [0, 0.1) is 12.7 Å². The lowest BCUT2D eigenvalue weighted by molar-refractivity contribution is -0.734. The van der Waals surface area contributed by atoms with Crippen molar-refractivity contribution in [2.24, 2.45) is 0 Å². The summed E-state index contributed by atoms with van der Waals surface area (Å²) in [6.45, 7) is 8.73. The lowest BCUT2D eigenvalue weighted by Crippen LogP contribution is -2.54. The molecule has 1 aromatic heterocycles. The van der Waals surface area contributed by atoms with Crippen molar-refractivity contribution >= 4 is 10.8 Å². The van der Waals surface area contributed by atoms with E-state index in [1.807, 2.05) is 13.0 Å². The lowest BCUT2D eigenvalue weighted by atomic mass is 9.78. The molecule has 2 aromatic carbocycles. The van der Waals surface area contributed by atoms with Gasteiger partial charge in [-0.2, -0.15) is 4.57 Å². The number of hydrogen-bond acceptors (Lipinski definition) is 0. The van der Waals surface area contributed by atoms with Crippen molar-refractivity contribution in [3.05, 3.63) is 65.1 Å². The Labute approximate surface area is 179 Å². The van der Waals surface area contributed by atoms with Gasteiger partial charge in [0.2, 0.25) is 5.69 Å². The van der Waals surface area contributed by atoms with Gasteiger partial charge in [0.25, 0.3) is 0 Å². The minimum absolute atomic E-state index is 0.0626. The van der Waals surface area contributed by atoms with Crippen LogP contribution in [0.1, 0.15) is 76.0 Å². The number of fused-ring (bicyclic) bond motifs is 8. The summed E-state index contributed by atoms with van der Waals surface area (Å²) < 4.78 is 17.3. The monoisotopic (exact) mass is 402 g/mol. The molecular weight excluding hydrogens is 369 g/mol. The highest BCUT2D eigenvalue weighted by atomic mass is 19.1. The standard InChI is InChI=1S/C28H33FN/c1-5-8-9-10-20-11-12-21-13-14-30-26(22(21)16-20)23-15-19(4)25(29)17-24(23)27(6-2)18-28(27,30)7-3/h11-17H,5-10,18H2,1-4H3/q+1. The Hall–Kier alpha value is -2.22. The maximum Gasteiger partial charge on any atom is 0.221 e. The van der Waals surface area contributed by atoms with Gasteiger partial charge >= 0.3 is 0 Å². The Morgan fingerprint density at radius 3 is 2.57 bits per heavy atom. The number of aryl methyl sites for hydroxylation is 2. The Morgan fingerprint density at radius 2 is 1.83 bits per heavy atom. The molecule has 2 unspecified atom stereocenters. The molecule has 2 aliphatic rings. The summed E-state index contributed by atoms with van der Waals surface area (Å²) in [7, 11) is 0. The number of benzene rings is 2. The molecule has 1 fully saturated rings. The second kappa shape index (κ2) is 6.90. The van der Waals surface area contributed by atoms with Gasteiger partial charge < -0.3 is 0 Å². The largest absolute Gasteiger partial charge is 0.221 e. The van der Waals surface area contributed by atoms with E-state index in [1.54, 1.807) is 0 Å². The Balaban J connectivity index is 1.79. The van der Waals surface area contributed by atoms with Crippen LogP contribution in [0.5, 0.6) is 0 Å². The second-order valence-electron chi connectivity index (χ2n) is 9.56. The Kier molecular flexibility index (Phi) is 4.54. The molecule has 0 amide bonds. The highest BCUT2D eigenvalue weighted by Gasteiger charge is 2.76. The van der Waals surface area contributed by atoms with Crippen molar-refractivity contribution in [2.45, 2.75) is 83.6 Å². The van der Waals surface area contributed by atoms with Crippen molar-refractivity contribution in [2.75, 3.05) is 0 Å². The van der Waals surface area contributed by atoms with Gasteiger partial charge in [-0.3, -0.25) is 0 Å². The van der Waals surface area contributed by atoms with Crippen molar-refractivity contribution in [3.8, 4) is 11.3 Å².